The molecule has 0 aromatic rings. The van der Waals surface area contributed by atoms with Crippen molar-refractivity contribution in [2.45, 2.75) is 33.6 Å². The molecule has 1 aliphatic heterocycles. The standard InChI is InChI=1S/C11H21NO4S/c1-9-4-6-12(7-5-9)17(15,16)8-11(2,3)10(13)14/h9H,4-8H2,1-3H3,(H,13,14). The Hall–Kier alpha value is -0.620. The van der Waals surface area contributed by atoms with Crippen molar-refractivity contribution in [3.8, 4) is 0 Å². The van der Waals surface area contributed by atoms with Crippen LogP contribution in [-0.4, -0.2) is 42.6 Å². The third kappa shape index (κ3) is 3.67. The van der Waals surface area contributed by atoms with Crippen LogP contribution in [0.25, 0.3) is 0 Å². The highest BCUT2D eigenvalue weighted by molar-refractivity contribution is 7.89. The summed E-state index contributed by atoms with van der Waals surface area (Å²) < 4.78 is 25.6. The second-order valence-electron chi connectivity index (χ2n) is 5.53. The topological polar surface area (TPSA) is 74.7 Å². The number of rotatable bonds is 4. The first kappa shape index (κ1) is 14.4. The van der Waals surface area contributed by atoms with Gasteiger partial charge in [0, 0.05) is 13.1 Å². The average Bonchev–Trinajstić information content (AvgIpc) is 2.16. The molecule has 5 nitrogen and oxygen atoms in total. The lowest BCUT2D eigenvalue weighted by atomic mass is 9.97. The highest BCUT2D eigenvalue weighted by Crippen LogP contribution is 2.24. The van der Waals surface area contributed by atoms with E-state index >= 15 is 0 Å². The van der Waals surface area contributed by atoms with E-state index in [0.717, 1.165) is 12.8 Å². The Morgan fingerprint density at radius 1 is 1.35 bits per heavy atom. The third-order valence-corrected chi connectivity index (χ3v) is 5.50. The van der Waals surface area contributed by atoms with E-state index in [9.17, 15) is 13.2 Å². The number of carboxylic acid groups (broad SMARTS) is 1. The van der Waals surface area contributed by atoms with Crippen LogP contribution in [0.4, 0.5) is 0 Å². The van der Waals surface area contributed by atoms with Crippen LogP contribution in [0.1, 0.15) is 33.6 Å². The normalized spacial score (nSPS) is 20.4. The molecule has 1 heterocycles. The predicted octanol–water partition coefficient (Wildman–Crippen LogP) is 1.16. The van der Waals surface area contributed by atoms with Crippen LogP contribution in [-0.2, 0) is 14.8 Å². The van der Waals surface area contributed by atoms with Gasteiger partial charge in [0.2, 0.25) is 10.0 Å². The summed E-state index contributed by atoms with van der Waals surface area (Å²) in [6, 6.07) is 0. The molecule has 6 heteroatoms. The largest absolute Gasteiger partial charge is 0.481 e. The van der Waals surface area contributed by atoms with E-state index in [4.69, 9.17) is 5.11 Å². The van der Waals surface area contributed by atoms with Gasteiger partial charge in [-0.3, -0.25) is 4.79 Å². The summed E-state index contributed by atoms with van der Waals surface area (Å²) in [6.45, 7) is 6.02. The van der Waals surface area contributed by atoms with Gasteiger partial charge in [-0.15, -0.1) is 0 Å². The predicted molar refractivity (Wildman–Crippen MR) is 65.2 cm³/mol. The van der Waals surface area contributed by atoms with Crippen molar-refractivity contribution < 1.29 is 18.3 Å². The van der Waals surface area contributed by atoms with Gasteiger partial charge in [-0.2, -0.15) is 0 Å². The first-order valence-corrected chi connectivity index (χ1v) is 7.47. The lowest BCUT2D eigenvalue weighted by Crippen LogP contribution is -2.44. The molecule has 1 saturated heterocycles. The number of nitrogens with zero attached hydrogens (tertiary/aromatic N) is 1. The van der Waals surface area contributed by atoms with Crippen molar-refractivity contribution in [2.75, 3.05) is 18.8 Å². The van der Waals surface area contributed by atoms with Crippen LogP contribution in [0.5, 0.6) is 0 Å². The summed E-state index contributed by atoms with van der Waals surface area (Å²) in [5, 5.41) is 8.96. The van der Waals surface area contributed by atoms with E-state index in [0.29, 0.717) is 19.0 Å². The molecule has 0 spiro atoms. The highest BCUT2D eigenvalue weighted by atomic mass is 32.2. The van der Waals surface area contributed by atoms with Gasteiger partial charge in [0.05, 0.1) is 11.2 Å². The minimum atomic E-state index is -3.46. The van der Waals surface area contributed by atoms with Crippen molar-refractivity contribution in [3.05, 3.63) is 0 Å². The number of hydrogen-bond donors (Lipinski definition) is 1. The minimum absolute atomic E-state index is 0.330. The van der Waals surface area contributed by atoms with Gasteiger partial charge in [0.1, 0.15) is 0 Å². The van der Waals surface area contributed by atoms with Gasteiger partial charge in [-0.05, 0) is 32.6 Å². The van der Waals surface area contributed by atoms with Crippen LogP contribution < -0.4 is 0 Å². The summed E-state index contributed by atoms with van der Waals surface area (Å²) >= 11 is 0. The quantitative estimate of drug-likeness (QED) is 0.826. The molecule has 0 radical (unpaired) electrons. The number of hydrogen-bond acceptors (Lipinski definition) is 3. The Morgan fingerprint density at radius 2 is 1.82 bits per heavy atom. The van der Waals surface area contributed by atoms with Crippen LogP contribution >= 0.6 is 0 Å². The van der Waals surface area contributed by atoms with Crippen LogP contribution in [0.15, 0.2) is 0 Å². The fraction of sp³-hybridized carbons (Fsp3) is 0.909. The van der Waals surface area contributed by atoms with Crippen LogP contribution in [0, 0.1) is 11.3 Å². The minimum Gasteiger partial charge on any atom is -0.481 e. The number of sulfonamides is 1. The van der Waals surface area contributed by atoms with Gasteiger partial charge in [0.15, 0.2) is 0 Å². The smallest absolute Gasteiger partial charge is 0.310 e. The fourth-order valence-corrected chi connectivity index (χ4v) is 3.86. The first-order chi connectivity index (χ1) is 7.65. The Bertz CT molecular complexity index is 380. The number of carbonyl (C=O) groups is 1. The molecule has 0 atom stereocenters. The van der Waals surface area contributed by atoms with Crippen molar-refractivity contribution in [1.82, 2.24) is 4.31 Å². The number of piperidine rings is 1. The molecule has 1 rings (SSSR count). The zero-order valence-electron chi connectivity index (χ0n) is 10.6. The molecular weight excluding hydrogens is 242 g/mol. The van der Waals surface area contributed by atoms with E-state index in [1.54, 1.807) is 0 Å². The zero-order chi connectivity index (χ0) is 13.3. The molecule has 0 saturated carbocycles. The molecule has 1 fully saturated rings. The molecule has 0 amide bonds. The van der Waals surface area contributed by atoms with Crippen molar-refractivity contribution >= 4 is 16.0 Å². The van der Waals surface area contributed by atoms with E-state index in [2.05, 4.69) is 6.92 Å². The number of carboxylic acids is 1. The second-order valence-corrected chi connectivity index (χ2v) is 7.50. The summed E-state index contributed by atoms with van der Waals surface area (Å²) in [5.41, 5.74) is -1.23. The Kier molecular flexibility index (Phi) is 4.19. The van der Waals surface area contributed by atoms with Crippen molar-refractivity contribution in [1.29, 1.82) is 0 Å². The second kappa shape index (κ2) is 4.94. The monoisotopic (exact) mass is 263 g/mol. The number of aliphatic carboxylic acids is 1. The fourth-order valence-electron chi connectivity index (χ4n) is 1.87. The maximum Gasteiger partial charge on any atom is 0.310 e. The Morgan fingerprint density at radius 3 is 2.24 bits per heavy atom. The molecule has 0 aliphatic carbocycles. The zero-order valence-corrected chi connectivity index (χ0v) is 11.5. The molecule has 0 bridgehead atoms. The van der Waals surface area contributed by atoms with Crippen LogP contribution in [0.3, 0.4) is 0 Å². The first-order valence-electron chi connectivity index (χ1n) is 5.86. The Balaban J connectivity index is 2.73. The van der Waals surface area contributed by atoms with Crippen molar-refractivity contribution in [2.24, 2.45) is 11.3 Å². The average molecular weight is 263 g/mol. The molecule has 0 unspecified atom stereocenters. The van der Waals surface area contributed by atoms with E-state index in [1.807, 2.05) is 0 Å². The lowest BCUT2D eigenvalue weighted by molar-refractivity contribution is -0.145. The van der Waals surface area contributed by atoms with Gasteiger partial charge in [-0.25, -0.2) is 12.7 Å². The highest BCUT2D eigenvalue weighted by Gasteiger charge is 2.37. The molecular formula is C11H21NO4S. The SMILES string of the molecule is CC1CCN(S(=O)(=O)CC(C)(C)C(=O)O)CC1. The Labute approximate surface area is 103 Å². The molecule has 0 aromatic heterocycles. The lowest BCUT2D eigenvalue weighted by Gasteiger charge is -2.31. The third-order valence-electron chi connectivity index (χ3n) is 3.26. The molecule has 1 aliphatic rings. The van der Waals surface area contributed by atoms with Crippen LogP contribution in [0.2, 0.25) is 0 Å². The summed E-state index contributed by atoms with van der Waals surface area (Å²) in [7, 11) is -3.46. The maximum atomic E-state index is 12.1. The summed E-state index contributed by atoms with van der Waals surface area (Å²) in [5.74, 6) is -0.857. The molecule has 100 valence electrons. The van der Waals surface area contributed by atoms with E-state index in [1.165, 1.54) is 18.2 Å². The summed E-state index contributed by atoms with van der Waals surface area (Å²) in [6.07, 6.45) is 1.71. The van der Waals surface area contributed by atoms with E-state index in [-0.39, 0.29) is 5.75 Å². The summed E-state index contributed by atoms with van der Waals surface area (Å²) in [4.78, 5) is 11.0. The molecule has 17 heavy (non-hydrogen) atoms. The van der Waals surface area contributed by atoms with Gasteiger partial charge >= 0.3 is 5.97 Å². The molecule has 0 aromatic carbocycles. The van der Waals surface area contributed by atoms with E-state index < -0.39 is 21.4 Å². The van der Waals surface area contributed by atoms with Gasteiger partial charge in [0.25, 0.3) is 0 Å². The van der Waals surface area contributed by atoms with Gasteiger partial charge in [-0.1, -0.05) is 6.92 Å². The maximum absolute atomic E-state index is 12.1. The van der Waals surface area contributed by atoms with Gasteiger partial charge < -0.3 is 5.11 Å². The molecule has 1 N–H and O–H groups in total. The van der Waals surface area contributed by atoms with Crippen molar-refractivity contribution in [3.63, 3.8) is 0 Å².